The van der Waals surface area contributed by atoms with E-state index in [4.69, 9.17) is 4.52 Å². The van der Waals surface area contributed by atoms with Crippen molar-refractivity contribution in [2.45, 2.75) is 26.8 Å². The number of nitrogens with one attached hydrogen (secondary N) is 1. The van der Waals surface area contributed by atoms with Gasteiger partial charge in [-0.2, -0.15) is 5.26 Å². The zero-order valence-corrected chi connectivity index (χ0v) is 18.0. The smallest absolute Gasteiger partial charge is 0.263 e. The van der Waals surface area contributed by atoms with Crippen molar-refractivity contribution >= 4 is 38.8 Å². The Morgan fingerprint density at radius 3 is 2.67 bits per heavy atom. The minimum absolute atomic E-state index is 0.327. The lowest BCUT2D eigenvalue weighted by Crippen LogP contribution is -2.17. The van der Waals surface area contributed by atoms with Gasteiger partial charge in [-0.25, -0.2) is 4.98 Å². The van der Waals surface area contributed by atoms with Crippen molar-refractivity contribution in [1.82, 2.24) is 14.7 Å². The number of halogens is 1. The standard InChI is InChI=1S/C22H18BrN5O2/c1-13-20(14(2)30-27-13)21(29)26-22-25-18-11-16(12-24)5-8-19(18)28(22)10-9-15-3-6-17(23)7-4-15/h3-8,11H,9-10H2,1-2H3,(H,25,26,29). The van der Waals surface area contributed by atoms with E-state index < -0.39 is 0 Å². The Balaban J connectivity index is 1.70. The quantitative estimate of drug-likeness (QED) is 0.459. The summed E-state index contributed by atoms with van der Waals surface area (Å²) in [5.74, 6) is 0.545. The van der Waals surface area contributed by atoms with E-state index in [0.717, 1.165) is 22.0 Å². The van der Waals surface area contributed by atoms with E-state index in [-0.39, 0.29) is 5.91 Å². The van der Waals surface area contributed by atoms with Crippen LogP contribution in [0.1, 0.15) is 32.9 Å². The summed E-state index contributed by atoms with van der Waals surface area (Å²) in [5, 5.41) is 15.9. The number of aromatic nitrogens is 3. The van der Waals surface area contributed by atoms with Crippen molar-refractivity contribution in [2.75, 3.05) is 5.32 Å². The first kappa shape index (κ1) is 19.9. The number of amides is 1. The molecule has 0 aliphatic heterocycles. The highest BCUT2D eigenvalue weighted by Crippen LogP contribution is 2.23. The highest BCUT2D eigenvalue weighted by atomic mass is 79.9. The zero-order valence-electron chi connectivity index (χ0n) is 16.4. The monoisotopic (exact) mass is 463 g/mol. The average molecular weight is 464 g/mol. The molecule has 0 saturated carbocycles. The summed E-state index contributed by atoms with van der Waals surface area (Å²) in [5.41, 5.74) is 4.10. The van der Waals surface area contributed by atoms with Gasteiger partial charge in [0.15, 0.2) is 0 Å². The Kier molecular flexibility index (Phi) is 5.38. The predicted octanol–water partition coefficient (Wildman–Crippen LogP) is 4.77. The average Bonchev–Trinajstić information content (AvgIpc) is 3.25. The third-order valence-corrected chi connectivity index (χ3v) is 5.43. The highest BCUT2D eigenvalue weighted by molar-refractivity contribution is 9.10. The number of carbonyl (C=O) groups excluding carboxylic acids is 1. The molecule has 0 unspecified atom stereocenters. The van der Waals surface area contributed by atoms with Crippen molar-refractivity contribution in [1.29, 1.82) is 5.26 Å². The molecule has 0 radical (unpaired) electrons. The summed E-state index contributed by atoms with van der Waals surface area (Å²) in [7, 11) is 0. The summed E-state index contributed by atoms with van der Waals surface area (Å²) >= 11 is 3.45. The number of nitrogens with zero attached hydrogens (tertiary/aromatic N) is 4. The van der Waals surface area contributed by atoms with E-state index >= 15 is 0 Å². The number of nitriles is 1. The van der Waals surface area contributed by atoms with Gasteiger partial charge < -0.3 is 9.09 Å². The topological polar surface area (TPSA) is 96.7 Å². The molecule has 0 bridgehead atoms. The van der Waals surface area contributed by atoms with Crippen LogP contribution in [0, 0.1) is 25.2 Å². The fraction of sp³-hybridized carbons (Fsp3) is 0.182. The summed E-state index contributed by atoms with van der Waals surface area (Å²) in [6, 6.07) is 15.6. The van der Waals surface area contributed by atoms with Crippen molar-refractivity contribution in [2.24, 2.45) is 0 Å². The van der Waals surface area contributed by atoms with Gasteiger partial charge in [0, 0.05) is 11.0 Å². The van der Waals surface area contributed by atoms with Crippen LogP contribution < -0.4 is 5.32 Å². The zero-order chi connectivity index (χ0) is 21.3. The van der Waals surface area contributed by atoms with Crippen LogP contribution in [0.4, 0.5) is 5.95 Å². The second kappa shape index (κ2) is 8.13. The Labute approximate surface area is 181 Å². The van der Waals surface area contributed by atoms with Gasteiger partial charge in [0.05, 0.1) is 28.4 Å². The van der Waals surface area contributed by atoms with Crippen LogP contribution >= 0.6 is 15.9 Å². The van der Waals surface area contributed by atoms with E-state index in [0.29, 0.717) is 40.6 Å². The molecule has 4 aromatic rings. The van der Waals surface area contributed by atoms with Gasteiger partial charge >= 0.3 is 0 Å². The number of fused-ring (bicyclic) bond motifs is 1. The second-order valence-electron chi connectivity index (χ2n) is 6.93. The van der Waals surface area contributed by atoms with Crippen molar-refractivity contribution in [3.8, 4) is 6.07 Å². The highest BCUT2D eigenvalue weighted by Gasteiger charge is 2.20. The van der Waals surface area contributed by atoms with E-state index in [1.807, 2.05) is 22.8 Å². The van der Waals surface area contributed by atoms with Crippen LogP contribution in [0.5, 0.6) is 0 Å². The Morgan fingerprint density at radius 2 is 2.00 bits per heavy atom. The first-order valence-corrected chi connectivity index (χ1v) is 10.1. The molecular weight excluding hydrogens is 446 g/mol. The lowest BCUT2D eigenvalue weighted by molar-refractivity contribution is 0.102. The number of benzene rings is 2. The molecule has 150 valence electrons. The fourth-order valence-corrected chi connectivity index (χ4v) is 3.65. The molecule has 2 aromatic carbocycles. The maximum absolute atomic E-state index is 12.9. The first-order valence-electron chi connectivity index (χ1n) is 9.35. The maximum Gasteiger partial charge on any atom is 0.263 e. The van der Waals surface area contributed by atoms with Crippen molar-refractivity contribution < 1.29 is 9.32 Å². The molecule has 7 nitrogen and oxygen atoms in total. The summed E-state index contributed by atoms with van der Waals surface area (Å²) in [6.45, 7) is 4.03. The number of carbonyl (C=O) groups is 1. The van der Waals surface area contributed by atoms with Crippen LogP contribution in [0.2, 0.25) is 0 Å². The molecule has 2 aromatic heterocycles. The number of hydrogen-bond donors (Lipinski definition) is 1. The van der Waals surface area contributed by atoms with Crippen LogP contribution in [0.3, 0.4) is 0 Å². The van der Waals surface area contributed by atoms with Crippen LogP contribution in [0.25, 0.3) is 11.0 Å². The van der Waals surface area contributed by atoms with Crippen LogP contribution in [-0.4, -0.2) is 20.6 Å². The predicted molar refractivity (Wildman–Crippen MR) is 116 cm³/mol. The number of hydrogen-bond acceptors (Lipinski definition) is 5. The van der Waals surface area contributed by atoms with E-state index in [2.05, 4.69) is 49.6 Å². The first-order chi connectivity index (χ1) is 14.5. The molecule has 4 rings (SSSR count). The van der Waals surface area contributed by atoms with Crippen molar-refractivity contribution in [3.63, 3.8) is 0 Å². The lowest BCUT2D eigenvalue weighted by Gasteiger charge is -2.10. The largest absolute Gasteiger partial charge is 0.361 e. The van der Waals surface area contributed by atoms with Crippen LogP contribution in [0.15, 0.2) is 51.5 Å². The normalized spacial score (nSPS) is 10.9. The van der Waals surface area contributed by atoms with Gasteiger partial charge in [-0.15, -0.1) is 0 Å². The Bertz CT molecular complexity index is 1260. The number of aryl methyl sites for hydroxylation is 4. The number of imidazole rings is 1. The number of anilines is 1. The molecule has 30 heavy (non-hydrogen) atoms. The van der Waals surface area contributed by atoms with Gasteiger partial charge in [-0.05, 0) is 56.2 Å². The molecule has 0 atom stereocenters. The number of rotatable bonds is 5. The van der Waals surface area contributed by atoms with E-state index in [1.54, 1.807) is 26.0 Å². The molecule has 1 N–H and O–H groups in total. The fourth-order valence-electron chi connectivity index (χ4n) is 3.38. The summed E-state index contributed by atoms with van der Waals surface area (Å²) in [6.07, 6.45) is 0.757. The summed E-state index contributed by atoms with van der Waals surface area (Å²) < 4.78 is 8.09. The van der Waals surface area contributed by atoms with E-state index in [1.165, 1.54) is 0 Å². The minimum Gasteiger partial charge on any atom is -0.361 e. The summed E-state index contributed by atoms with van der Waals surface area (Å²) in [4.78, 5) is 17.4. The van der Waals surface area contributed by atoms with Crippen molar-refractivity contribution in [3.05, 3.63) is 75.1 Å². The van der Waals surface area contributed by atoms with Gasteiger partial charge in [0.1, 0.15) is 11.3 Å². The molecule has 0 spiro atoms. The Hall–Kier alpha value is -3.44. The molecule has 0 fully saturated rings. The van der Waals surface area contributed by atoms with Gasteiger partial charge in [-0.3, -0.25) is 10.1 Å². The SMILES string of the molecule is Cc1noc(C)c1C(=O)Nc1nc2cc(C#N)ccc2n1CCc1ccc(Br)cc1. The van der Waals surface area contributed by atoms with Gasteiger partial charge in [0.25, 0.3) is 5.91 Å². The molecule has 0 saturated heterocycles. The molecule has 1 amide bonds. The molecule has 2 heterocycles. The van der Waals surface area contributed by atoms with Crippen LogP contribution in [-0.2, 0) is 13.0 Å². The third-order valence-electron chi connectivity index (χ3n) is 4.90. The molecule has 0 aliphatic carbocycles. The third kappa shape index (κ3) is 3.84. The lowest BCUT2D eigenvalue weighted by atomic mass is 10.1. The van der Waals surface area contributed by atoms with E-state index in [9.17, 15) is 10.1 Å². The Morgan fingerprint density at radius 1 is 1.23 bits per heavy atom. The molecular formula is C22H18BrN5O2. The molecule has 8 heteroatoms. The van der Waals surface area contributed by atoms with Gasteiger partial charge in [0.2, 0.25) is 5.95 Å². The van der Waals surface area contributed by atoms with Gasteiger partial charge in [-0.1, -0.05) is 33.2 Å². The second-order valence-corrected chi connectivity index (χ2v) is 7.85. The maximum atomic E-state index is 12.9. The minimum atomic E-state index is -0.327. The molecule has 0 aliphatic rings.